The first-order chi connectivity index (χ1) is 12.0. The normalized spacial score (nSPS) is 16.7. The van der Waals surface area contributed by atoms with Crippen LogP contribution in [-0.2, 0) is 0 Å². The van der Waals surface area contributed by atoms with E-state index in [9.17, 15) is 14.9 Å². The molecule has 1 aliphatic heterocycles. The average molecular weight is 340 g/mol. The number of carbonyl (C=O) groups excluding carboxylic acids is 1. The van der Waals surface area contributed by atoms with Crippen LogP contribution in [0.3, 0.4) is 0 Å². The van der Waals surface area contributed by atoms with Crippen LogP contribution in [0.2, 0.25) is 0 Å². The summed E-state index contributed by atoms with van der Waals surface area (Å²) in [7, 11) is 0. The third-order valence-corrected chi connectivity index (χ3v) is 4.44. The van der Waals surface area contributed by atoms with E-state index in [4.69, 9.17) is 0 Å². The van der Waals surface area contributed by atoms with Gasteiger partial charge in [-0.1, -0.05) is 6.07 Å². The summed E-state index contributed by atoms with van der Waals surface area (Å²) in [5.41, 5.74) is 0.935. The van der Waals surface area contributed by atoms with E-state index in [1.54, 1.807) is 18.3 Å². The fourth-order valence-electron chi connectivity index (χ4n) is 3.09. The topological polar surface area (TPSA) is 88.4 Å². The van der Waals surface area contributed by atoms with Crippen LogP contribution in [0.4, 0.5) is 17.2 Å². The van der Waals surface area contributed by atoms with Crippen LogP contribution in [0.1, 0.15) is 23.7 Å². The number of rotatable bonds is 6. The molecule has 0 saturated carbocycles. The van der Waals surface area contributed by atoms with Crippen molar-refractivity contribution in [3.05, 3.63) is 58.3 Å². The number of nitro groups is 1. The minimum atomic E-state index is -0.415. The Morgan fingerprint density at radius 3 is 2.92 bits per heavy atom. The molecule has 1 fully saturated rings. The first-order valence-corrected chi connectivity index (χ1v) is 8.24. The van der Waals surface area contributed by atoms with Crippen LogP contribution in [0.25, 0.3) is 0 Å². The highest BCUT2D eigenvalue weighted by molar-refractivity contribution is 5.95. The van der Waals surface area contributed by atoms with Crippen molar-refractivity contribution < 1.29 is 9.72 Å². The van der Waals surface area contributed by atoms with Gasteiger partial charge in [0.15, 0.2) is 5.78 Å². The molecule has 1 aliphatic rings. The van der Waals surface area contributed by atoms with E-state index in [2.05, 4.69) is 10.3 Å². The molecule has 2 heterocycles. The number of benzene rings is 1. The molecule has 25 heavy (non-hydrogen) atoms. The minimum Gasteiger partial charge on any atom is -0.370 e. The lowest BCUT2D eigenvalue weighted by molar-refractivity contribution is -0.384. The molecule has 1 saturated heterocycles. The predicted octanol–water partition coefficient (Wildman–Crippen LogP) is 3.13. The second-order valence-corrected chi connectivity index (χ2v) is 6.21. The Hall–Kier alpha value is -2.96. The molecule has 1 unspecified atom stereocenters. The Labute approximate surface area is 145 Å². The van der Waals surface area contributed by atoms with E-state index in [1.165, 1.54) is 13.0 Å². The van der Waals surface area contributed by atoms with E-state index >= 15 is 0 Å². The number of hydrogen-bond acceptors (Lipinski definition) is 6. The largest absolute Gasteiger partial charge is 0.370 e. The zero-order valence-corrected chi connectivity index (χ0v) is 14.0. The number of hydrogen-bond donors (Lipinski definition) is 1. The van der Waals surface area contributed by atoms with Gasteiger partial charge in [-0.25, -0.2) is 4.98 Å². The van der Waals surface area contributed by atoms with E-state index in [1.807, 2.05) is 23.1 Å². The van der Waals surface area contributed by atoms with Gasteiger partial charge in [-0.05, 0) is 43.5 Å². The molecular formula is C18H20N4O3. The maximum absolute atomic E-state index is 11.5. The number of Topliss-reactive ketones (excluding diaryl/α,β-unsaturated/α-hetero) is 1. The Morgan fingerprint density at radius 1 is 1.40 bits per heavy atom. The van der Waals surface area contributed by atoms with Gasteiger partial charge in [0.2, 0.25) is 0 Å². The molecule has 0 radical (unpaired) electrons. The van der Waals surface area contributed by atoms with Crippen molar-refractivity contribution in [2.75, 3.05) is 29.9 Å². The summed E-state index contributed by atoms with van der Waals surface area (Å²) < 4.78 is 0. The maximum atomic E-state index is 11.5. The number of nitrogens with zero attached hydrogens (tertiary/aromatic N) is 3. The van der Waals surface area contributed by atoms with Crippen molar-refractivity contribution in [3.63, 3.8) is 0 Å². The van der Waals surface area contributed by atoms with Crippen LogP contribution < -0.4 is 10.2 Å². The summed E-state index contributed by atoms with van der Waals surface area (Å²) in [5.74, 6) is 1.04. The molecule has 0 spiro atoms. The SMILES string of the molecule is CC(=O)c1ccc(N2CCC(CNc3ccccn3)C2)c([N+](=O)[O-])c1. The number of anilines is 2. The van der Waals surface area contributed by atoms with Crippen molar-refractivity contribution in [3.8, 4) is 0 Å². The highest BCUT2D eigenvalue weighted by atomic mass is 16.6. The molecule has 1 aromatic carbocycles. The van der Waals surface area contributed by atoms with Gasteiger partial charge in [0, 0.05) is 37.5 Å². The first-order valence-electron chi connectivity index (χ1n) is 8.24. The average Bonchev–Trinajstić information content (AvgIpc) is 3.09. The van der Waals surface area contributed by atoms with Gasteiger partial charge in [0.1, 0.15) is 11.5 Å². The van der Waals surface area contributed by atoms with Crippen LogP contribution >= 0.6 is 0 Å². The number of nitrogens with one attached hydrogen (secondary N) is 1. The first kappa shape index (κ1) is 16.9. The Bertz CT molecular complexity index is 779. The zero-order chi connectivity index (χ0) is 17.8. The van der Waals surface area contributed by atoms with Crippen LogP contribution in [0.5, 0.6) is 0 Å². The number of nitro benzene ring substituents is 1. The third-order valence-electron chi connectivity index (χ3n) is 4.44. The molecule has 1 aromatic heterocycles. The summed E-state index contributed by atoms with van der Waals surface area (Å²) in [6.07, 6.45) is 2.69. The predicted molar refractivity (Wildman–Crippen MR) is 96.1 cm³/mol. The summed E-state index contributed by atoms with van der Waals surface area (Å²) in [6.45, 7) is 3.68. The molecule has 0 bridgehead atoms. The molecule has 2 aromatic rings. The quantitative estimate of drug-likeness (QED) is 0.494. The van der Waals surface area contributed by atoms with Crippen molar-refractivity contribution in [2.45, 2.75) is 13.3 Å². The fraction of sp³-hybridized carbons (Fsp3) is 0.333. The summed E-state index contributed by atoms with van der Waals surface area (Å²) in [6, 6.07) is 10.4. The Kier molecular flexibility index (Phi) is 4.92. The van der Waals surface area contributed by atoms with Gasteiger partial charge in [-0.2, -0.15) is 0 Å². The number of carbonyl (C=O) groups is 1. The molecule has 7 heteroatoms. The Balaban J connectivity index is 1.69. The highest BCUT2D eigenvalue weighted by Gasteiger charge is 2.28. The monoisotopic (exact) mass is 340 g/mol. The molecule has 1 atom stereocenters. The lowest BCUT2D eigenvalue weighted by atomic mass is 10.1. The van der Waals surface area contributed by atoms with Gasteiger partial charge in [-0.15, -0.1) is 0 Å². The number of pyridine rings is 1. The molecule has 1 N–H and O–H groups in total. The van der Waals surface area contributed by atoms with Gasteiger partial charge in [-0.3, -0.25) is 14.9 Å². The second-order valence-electron chi connectivity index (χ2n) is 6.21. The summed E-state index contributed by atoms with van der Waals surface area (Å²) in [4.78, 5) is 28.7. The highest BCUT2D eigenvalue weighted by Crippen LogP contribution is 2.33. The summed E-state index contributed by atoms with van der Waals surface area (Å²) in [5, 5.41) is 14.7. The molecule has 130 valence electrons. The zero-order valence-electron chi connectivity index (χ0n) is 14.0. The molecule has 0 amide bonds. The molecule has 7 nitrogen and oxygen atoms in total. The van der Waals surface area contributed by atoms with Crippen molar-refractivity contribution in [2.24, 2.45) is 5.92 Å². The Morgan fingerprint density at radius 2 is 2.24 bits per heavy atom. The van der Waals surface area contributed by atoms with Crippen molar-refractivity contribution >= 4 is 23.0 Å². The summed E-state index contributed by atoms with van der Waals surface area (Å²) >= 11 is 0. The third kappa shape index (κ3) is 3.93. The van der Waals surface area contributed by atoms with E-state index in [0.29, 0.717) is 17.2 Å². The fourth-order valence-corrected chi connectivity index (χ4v) is 3.09. The van der Waals surface area contributed by atoms with Gasteiger partial charge in [0.25, 0.3) is 5.69 Å². The van der Waals surface area contributed by atoms with Crippen molar-refractivity contribution in [1.29, 1.82) is 0 Å². The lowest BCUT2D eigenvalue weighted by Gasteiger charge is -2.19. The van der Waals surface area contributed by atoms with E-state index in [0.717, 1.165) is 31.9 Å². The van der Waals surface area contributed by atoms with Gasteiger partial charge in [0.05, 0.1) is 4.92 Å². The van der Waals surface area contributed by atoms with E-state index in [-0.39, 0.29) is 11.5 Å². The lowest BCUT2D eigenvalue weighted by Crippen LogP contribution is -2.23. The molecule has 0 aliphatic carbocycles. The number of aromatic nitrogens is 1. The standard InChI is InChI=1S/C18H20N4O3/c1-13(23)15-5-6-16(17(10-15)22(24)25)21-9-7-14(12-21)11-20-18-4-2-3-8-19-18/h2-6,8,10,14H,7,9,11-12H2,1H3,(H,19,20). The van der Waals surface area contributed by atoms with Crippen LogP contribution in [0.15, 0.2) is 42.6 Å². The van der Waals surface area contributed by atoms with Gasteiger partial charge < -0.3 is 10.2 Å². The van der Waals surface area contributed by atoms with Gasteiger partial charge >= 0.3 is 0 Å². The molecule has 3 rings (SSSR count). The van der Waals surface area contributed by atoms with Crippen molar-refractivity contribution in [1.82, 2.24) is 4.98 Å². The smallest absolute Gasteiger partial charge is 0.293 e. The maximum Gasteiger partial charge on any atom is 0.293 e. The minimum absolute atomic E-state index is 0.00830. The number of ketones is 1. The molecular weight excluding hydrogens is 320 g/mol. The second kappa shape index (κ2) is 7.29. The van der Waals surface area contributed by atoms with E-state index < -0.39 is 4.92 Å². The van der Waals surface area contributed by atoms with Crippen LogP contribution in [-0.4, -0.2) is 35.3 Å². The van der Waals surface area contributed by atoms with Crippen LogP contribution in [0, 0.1) is 16.0 Å².